The Labute approximate surface area is 156 Å². The van der Waals surface area contributed by atoms with E-state index in [9.17, 15) is 18.0 Å². The molecule has 2 heterocycles. The van der Waals surface area contributed by atoms with Gasteiger partial charge in [0.15, 0.2) is 0 Å². The lowest BCUT2D eigenvalue weighted by Gasteiger charge is -2.34. The van der Waals surface area contributed by atoms with Gasteiger partial charge in [-0.05, 0) is 17.7 Å². The molecule has 0 radical (unpaired) electrons. The van der Waals surface area contributed by atoms with E-state index in [1.807, 2.05) is 6.07 Å². The van der Waals surface area contributed by atoms with Crippen molar-refractivity contribution in [2.24, 2.45) is 10.9 Å². The van der Waals surface area contributed by atoms with Crippen molar-refractivity contribution < 1.29 is 22.4 Å². The highest BCUT2D eigenvalue weighted by Gasteiger charge is 2.25. The summed E-state index contributed by atoms with van der Waals surface area (Å²) < 4.78 is 27.4. The summed E-state index contributed by atoms with van der Waals surface area (Å²) in [5.41, 5.74) is 6.89. The number of carbonyl (C=O) groups is 2. The maximum atomic E-state index is 12.5. The molecule has 2 amide bonds. The Morgan fingerprint density at radius 1 is 1.07 bits per heavy atom. The Bertz CT molecular complexity index is 961. The summed E-state index contributed by atoms with van der Waals surface area (Å²) >= 11 is 0. The lowest BCUT2D eigenvalue weighted by molar-refractivity contribution is 0.0627. The number of nitrogens with two attached hydrogens (primary N) is 2. The fourth-order valence-corrected chi connectivity index (χ4v) is 3.42. The number of primary sulfonamides is 1. The molecule has 0 aliphatic carbocycles. The van der Waals surface area contributed by atoms with Gasteiger partial charge in [-0.15, -0.1) is 0 Å². The van der Waals surface area contributed by atoms with E-state index in [0.29, 0.717) is 38.3 Å². The maximum Gasteiger partial charge on any atom is 0.271 e. The topological polar surface area (TPSA) is 140 Å². The largest absolute Gasteiger partial charge is 0.451 e. The van der Waals surface area contributed by atoms with Gasteiger partial charge in [-0.25, -0.2) is 13.6 Å². The summed E-state index contributed by atoms with van der Waals surface area (Å²) in [7, 11) is -3.98. The molecular formula is C17H20N4O5S. The number of amides is 2. The predicted molar refractivity (Wildman–Crippen MR) is 96.2 cm³/mol. The van der Waals surface area contributed by atoms with E-state index >= 15 is 0 Å². The van der Waals surface area contributed by atoms with Crippen LogP contribution in [-0.2, 0) is 16.6 Å². The molecule has 1 aliphatic heterocycles. The summed E-state index contributed by atoms with van der Waals surface area (Å²) in [6.07, 6.45) is 1.10. The van der Waals surface area contributed by atoms with Crippen molar-refractivity contribution in [3.63, 3.8) is 0 Å². The van der Waals surface area contributed by atoms with Gasteiger partial charge in [0.1, 0.15) is 6.26 Å². The lowest BCUT2D eigenvalue weighted by atomic mass is 10.1. The smallest absolute Gasteiger partial charge is 0.271 e. The molecule has 3 rings (SSSR count). The average molecular weight is 392 g/mol. The highest BCUT2D eigenvalue weighted by Crippen LogP contribution is 2.16. The molecule has 9 nitrogen and oxygen atoms in total. The Morgan fingerprint density at radius 2 is 1.78 bits per heavy atom. The molecule has 4 N–H and O–H groups in total. The molecular weight excluding hydrogens is 372 g/mol. The van der Waals surface area contributed by atoms with Crippen LogP contribution in [0.1, 0.15) is 26.3 Å². The van der Waals surface area contributed by atoms with Gasteiger partial charge in [0, 0.05) is 44.4 Å². The molecule has 2 aromatic rings. The molecule has 0 saturated carbocycles. The first kappa shape index (κ1) is 19.1. The molecule has 0 spiro atoms. The standard InChI is InChI=1S/C17H20N4O5S/c18-16(22)13-3-1-2-12(8-13)10-20-4-6-21(7-5-20)17(23)14-9-15(26-11-14)27(19,24)25/h1-3,8-9,11H,4-7,10H2,(H2,18,22)(H2,19,24,25). The number of piperazine rings is 1. The van der Waals surface area contributed by atoms with Crippen LogP contribution in [0.15, 0.2) is 46.1 Å². The number of benzene rings is 1. The fourth-order valence-electron chi connectivity index (χ4n) is 2.95. The Balaban J connectivity index is 1.58. The first-order valence-electron chi connectivity index (χ1n) is 8.26. The molecule has 0 unspecified atom stereocenters. The van der Waals surface area contributed by atoms with Gasteiger partial charge in [-0.2, -0.15) is 0 Å². The minimum atomic E-state index is -3.98. The minimum Gasteiger partial charge on any atom is -0.451 e. The van der Waals surface area contributed by atoms with Crippen LogP contribution in [-0.4, -0.2) is 56.2 Å². The summed E-state index contributed by atoms with van der Waals surface area (Å²) in [6.45, 7) is 2.91. The monoisotopic (exact) mass is 392 g/mol. The summed E-state index contributed by atoms with van der Waals surface area (Å²) in [4.78, 5) is 27.6. The number of sulfonamides is 1. The quantitative estimate of drug-likeness (QED) is 0.733. The van der Waals surface area contributed by atoms with Gasteiger partial charge in [-0.1, -0.05) is 12.1 Å². The number of hydrogen-bond acceptors (Lipinski definition) is 6. The Hall–Kier alpha value is -2.69. The number of primary amides is 1. The number of furan rings is 1. The van der Waals surface area contributed by atoms with Crippen LogP contribution in [0.4, 0.5) is 0 Å². The maximum absolute atomic E-state index is 12.5. The van der Waals surface area contributed by atoms with E-state index in [1.54, 1.807) is 23.1 Å². The fraction of sp³-hybridized carbons (Fsp3) is 0.294. The normalized spacial score (nSPS) is 15.7. The third-order valence-electron chi connectivity index (χ3n) is 4.38. The number of carbonyl (C=O) groups excluding carboxylic acids is 2. The van der Waals surface area contributed by atoms with Gasteiger partial charge in [0.25, 0.3) is 15.9 Å². The van der Waals surface area contributed by atoms with E-state index in [1.165, 1.54) is 0 Å². The van der Waals surface area contributed by atoms with Crippen LogP contribution < -0.4 is 10.9 Å². The summed E-state index contributed by atoms with van der Waals surface area (Å²) in [5, 5.41) is 4.56. The van der Waals surface area contributed by atoms with E-state index < -0.39 is 21.0 Å². The van der Waals surface area contributed by atoms with E-state index in [4.69, 9.17) is 15.3 Å². The number of nitrogens with zero attached hydrogens (tertiary/aromatic N) is 2. The Morgan fingerprint density at radius 3 is 2.37 bits per heavy atom. The van der Waals surface area contributed by atoms with Crippen molar-refractivity contribution in [3.8, 4) is 0 Å². The van der Waals surface area contributed by atoms with Crippen molar-refractivity contribution in [1.29, 1.82) is 0 Å². The van der Waals surface area contributed by atoms with Crippen LogP contribution in [0.3, 0.4) is 0 Å². The van der Waals surface area contributed by atoms with E-state index in [0.717, 1.165) is 17.9 Å². The molecule has 1 fully saturated rings. The number of hydrogen-bond donors (Lipinski definition) is 2. The number of rotatable bonds is 5. The molecule has 1 aliphatic rings. The molecule has 1 saturated heterocycles. The molecule has 1 aromatic carbocycles. The second kappa shape index (κ2) is 7.51. The van der Waals surface area contributed by atoms with Crippen LogP contribution in [0.25, 0.3) is 0 Å². The van der Waals surface area contributed by atoms with E-state index in [2.05, 4.69) is 4.90 Å². The third kappa shape index (κ3) is 4.54. The second-order valence-corrected chi connectivity index (χ2v) is 7.82. The summed E-state index contributed by atoms with van der Waals surface area (Å²) in [5.74, 6) is -0.768. The van der Waals surface area contributed by atoms with Crippen molar-refractivity contribution >= 4 is 21.8 Å². The first-order chi connectivity index (χ1) is 12.7. The zero-order chi connectivity index (χ0) is 19.6. The van der Waals surface area contributed by atoms with Crippen molar-refractivity contribution in [2.45, 2.75) is 11.6 Å². The van der Waals surface area contributed by atoms with Crippen molar-refractivity contribution in [1.82, 2.24) is 9.80 Å². The first-order valence-corrected chi connectivity index (χ1v) is 9.80. The zero-order valence-corrected chi connectivity index (χ0v) is 15.3. The van der Waals surface area contributed by atoms with Crippen LogP contribution in [0, 0.1) is 0 Å². The molecule has 0 bridgehead atoms. The predicted octanol–water partition coefficient (Wildman–Crippen LogP) is -0.0161. The van der Waals surface area contributed by atoms with Gasteiger partial charge in [0.2, 0.25) is 11.0 Å². The molecule has 0 atom stereocenters. The molecule has 27 heavy (non-hydrogen) atoms. The summed E-state index contributed by atoms with van der Waals surface area (Å²) in [6, 6.07) is 8.28. The van der Waals surface area contributed by atoms with Gasteiger partial charge in [-0.3, -0.25) is 14.5 Å². The highest BCUT2D eigenvalue weighted by atomic mass is 32.2. The zero-order valence-electron chi connectivity index (χ0n) is 14.5. The van der Waals surface area contributed by atoms with Crippen molar-refractivity contribution in [2.75, 3.05) is 26.2 Å². The van der Waals surface area contributed by atoms with Gasteiger partial charge in [0.05, 0.1) is 5.56 Å². The second-order valence-electron chi connectivity index (χ2n) is 6.33. The SMILES string of the molecule is NC(=O)c1cccc(CN2CCN(C(=O)c3coc(S(N)(=O)=O)c3)CC2)c1. The minimum absolute atomic E-state index is 0.154. The van der Waals surface area contributed by atoms with Crippen LogP contribution >= 0.6 is 0 Å². The van der Waals surface area contributed by atoms with Crippen molar-refractivity contribution in [3.05, 3.63) is 53.3 Å². The third-order valence-corrected chi connectivity index (χ3v) is 5.15. The van der Waals surface area contributed by atoms with E-state index in [-0.39, 0.29) is 11.5 Å². The Kier molecular flexibility index (Phi) is 5.31. The average Bonchev–Trinajstić information content (AvgIpc) is 3.12. The molecule has 144 valence electrons. The van der Waals surface area contributed by atoms with Gasteiger partial charge >= 0.3 is 0 Å². The highest BCUT2D eigenvalue weighted by molar-refractivity contribution is 7.89. The molecule has 10 heteroatoms. The van der Waals surface area contributed by atoms with Crippen LogP contribution in [0.2, 0.25) is 0 Å². The van der Waals surface area contributed by atoms with Gasteiger partial charge < -0.3 is 15.1 Å². The lowest BCUT2D eigenvalue weighted by Crippen LogP contribution is -2.48. The van der Waals surface area contributed by atoms with Crippen LogP contribution in [0.5, 0.6) is 0 Å². The molecule has 1 aromatic heterocycles.